The maximum atomic E-state index is 13.0. The van der Waals surface area contributed by atoms with Gasteiger partial charge in [0.2, 0.25) is 5.91 Å². The van der Waals surface area contributed by atoms with Gasteiger partial charge in [0, 0.05) is 31.2 Å². The Balaban J connectivity index is 1.89. The normalized spacial score (nSPS) is 26.5. The Labute approximate surface area is 126 Å². The Hall–Kier alpha value is -1.39. The molecule has 114 valence electrons. The van der Waals surface area contributed by atoms with Crippen LogP contribution in [0, 0.1) is 11.8 Å². The highest BCUT2D eigenvalue weighted by molar-refractivity contribution is 5.96. The van der Waals surface area contributed by atoms with Crippen LogP contribution in [-0.4, -0.2) is 37.5 Å². The summed E-state index contributed by atoms with van der Waals surface area (Å²) in [6.45, 7) is 3.23. The van der Waals surface area contributed by atoms with E-state index in [1.807, 2.05) is 11.0 Å². The minimum Gasteiger partial charge on any atom is -0.330 e. The summed E-state index contributed by atoms with van der Waals surface area (Å²) in [5.41, 5.74) is 8.20. The minimum atomic E-state index is 0.117. The molecular weight excluding hydrogens is 262 g/mol. The quantitative estimate of drug-likeness (QED) is 0.903. The van der Waals surface area contributed by atoms with Crippen molar-refractivity contribution in [3.05, 3.63) is 29.8 Å². The number of para-hydroxylation sites is 1. The van der Waals surface area contributed by atoms with Crippen LogP contribution in [-0.2, 0) is 11.3 Å². The van der Waals surface area contributed by atoms with E-state index in [4.69, 9.17) is 5.73 Å². The zero-order valence-corrected chi connectivity index (χ0v) is 12.8. The zero-order valence-electron chi connectivity index (χ0n) is 12.8. The van der Waals surface area contributed by atoms with Crippen LogP contribution < -0.4 is 10.6 Å². The van der Waals surface area contributed by atoms with Gasteiger partial charge >= 0.3 is 0 Å². The summed E-state index contributed by atoms with van der Waals surface area (Å²) in [6, 6.07) is 8.30. The van der Waals surface area contributed by atoms with Crippen LogP contribution in [0.3, 0.4) is 0 Å². The van der Waals surface area contributed by atoms with E-state index in [2.05, 4.69) is 30.1 Å². The molecular formula is C17H25N3O. The molecule has 1 fully saturated rings. The second-order valence-electron chi connectivity index (χ2n) is 6.39. The van der Waals surface area contributed by atoms with Crippen LogP contribution in [0.5, 0.6) is 0 Å². The van der Waals surface area contributed by atoms with Crippen molar-refractivity contribution >= 4 is 11.6 Å². The number of rotatable bonds is 2. The molecule has 1 aromatic rings. The van der Waals surface area contributed by atoms with Crippen molar-refractivity contribution in [2.75, 3.05) is 31.6 Å². The van der Waals surface area contributed by atoms with E-state index in [1.54, 1.807) is 0 Å². The van der Waals surface area contributed by atoms with Gasteiger partial charge in [-0.3, -0.25) is 4.79 Å². The zero-order chi connectivity index (χ0) is 14.8. The molecule has 1 aromatic carbocycles. The average molecular weight is 287 g/mol. The molecule has 0 aromatic heterocycles. The van der Waals surface area contributed by atoms with E-state index in [0.717, 1.165) is 44.6 Å². The molecule has 1 heterocycles. The van der Waals surface area contributed by atoms with Crippen molar-refractivity contribution < 1.29 is 4.79 Å². The van der Waals surface area contributed by atoms with Gasteiger partial charge in [0.25, 0.3) is 0 Å². The highest BCUT2D eigenvalue weighted by Crippen LogP contribution is 2.35. The van der Waals surface area contributed by atoms with Crippen LogP contribution in [0.1, 0.15) is 24.8 Å². The highest BCUT2D eigenvalue weighted by Gasteiger charge is 2.36. The second-order valence-corrected chi connectivity index (χ2v) is 6.39. The van der Waals surface area contributed by atoms with Gasteiger partial charge in [-0.05, 0) is 44.0 Å². The number of carbonyl (C=O) groups excluding carboxylic acids is 1. The first-order valence-corrected chi connectivity index (χ1v) is 7.98. The van der Waals surface area contributed by atoms with Crippen LogP contribution in [0.2, 0.25) is 0 Å². The summed E-state index contributed by atoms with van der Waals surface area (Å²) in [5, 5.41) is 0. The first-order valence-electron chi connectivity index (χ1n) is 7.98. The summed E-state index contributed by atoms with van der Waals surface area (Å²) in [7, 11) is 2.11. The van der Waals surface area contributed by atoms with Gasteiger partial charge in [0.05, 0.1) is 0 Å². The van der Waals surface area contributed by atoms with Gasteiger partial charge in [0.1, 0.15) is 0 Å². The number of carbonyl (C=O) groups is 1. The minimum absolute atomic E-state index is 0.117. The molecule has 1 aliphatic heterocycles. The Morgan fingerprint density at radius 3 is 2.90 bits per heavy atom. The van der Waals surface area contributed by atoms with E-state index >= 15 is 0 Å². The number of anilines is 1. The predicted octanol–water partition coefficient (Wildman–Crippen LogP) is 1.84. The topological polar surface area (TPSA) is 49.6 Å². The second kappa shape index (κ2) is 6.16. The number of benzene rings is 1. The Kier molecular flexibility index (Phi) is 4.27. The molecule has 1 aliphatic carbocycles. The van der Waals surface area contributed by atoms with Gasteiger partial charge < -0.3 is 15.5 Å². The monoisotopic (exact) mass is 287 g/mol. The molecule has 0 saturated heterocycles. The van der Waals surface area contributed by atoms with E-state index < -0.39 is 0 Å². The maximum Gasteiger partial charge on any atom is 0.230 e. The van der Waals surface area contributed by atoms with Crippen LogP contribution in [0.15, 0.2) is 24.3 Å². The molecule has 0 bridgehead atoms. The van der Waals surface area contributed by atoms with Crippen molar-refractivity contribution in [3.8, 4) is 0 Å². The molecule has 1 amide bonds. The standard InChI is InChI=1S/C17H25N3O/c1-19-9-10-20(16-8-3-2-5-14(16)12-19)17(21)15-7-4-6-13(15)11-18/h2-3,5,8,13,15H,4,6-7,9-12,18H2,1H3/t13-,15-/m1/s1. The van der Waals surface area contributed by atoms with E-state index in [1.165, 1.54) is 5.56 Å². The third-order valence-corrected chi connectivity index (χ3v) is 4.97. The maximum absolute atomic E-state index is 13.0. The van der Waals surface area contributed by atoms with Gasteiger partial charge in [0.15, 0.2) is 0 Å². The fraction of sp³-hybridized carbons (Fsp3) is 0.588. The van der Waals surface area contributed by atoms with Crippen molar-refractivity contribution in [3.63, 3.8) is 0 Å². The van der Waals surface area contributed by atoms with Crippen LogP contribution >= 0.6 is 0 Å². The number of fused-ring (bicyclic) bond motifs is 1. The fourth-order valence-electron chi connectivity index (χ4n) is 3.74. The predicted molar refractivity (Wildman–Crippen MR) is 85.0 cm³/mol. The number of nitrogens with two attached hydrogens (primary N) is 1. The van der Waals surface area contributed by atoms with Gasteiger partial charge in [-0.25, -0.2) is 0 Å². The van der Waals surface area contributed by atoms with E-state index in [0.29, 0.717) is 12.5 Å². The third kappa shape index (κ3) is 2.83. The molecule has 0 radical (unpaired) electrons. The van der Waals surface area contributed by atoms with Crippen molar-refractivity contribution in [1.29, 1.82) is 0 Å². The largest absolute Gasteiger partial charge is 0.330 e. The number of nitrogens with zero attached hydrogens (tertiary/aromatic N) is 2. The van der Waals surface area contributed by atoms with E-state index in [9.17, 15) is 4.79 Å². The van der Waals surface area contributed by atoms with Gasteiger partial charge in [-0.15, -0.1) is 0 Å². The summed E-state index contributed by atoms with van der Waals surface area (Å²) in [5.74, 6) is 0.766. The molecule has 2 aliphatic rings. The number of likely N-dealkylation sites (N-methyl/N-ethyl adjacent to an activating group) is 1. The van der Waals surface area contributed by atoms with Crippen LogP contribution in [0.25, 0.3) is 0 Å². The molecule has 1 saturated carbocycles. The first-order chi connectivity index (χ1) is 10.2. The SMILES string of the molecule is CN1CCN(C(=O)[C@@H]2CCC[C@@H]2CN)c2ccccc2C1. The van der Waals surface area contributed by atoms with Gasteiger partial charge in [-0.1, -0.05) is 24.6 Å². The molecule has 21 heavy (non-hydrogen) atoms. The summed E-state index contributed by atoms with van der Waals surface area (Å²) >= 11 is 0. The lowest BCUT2D eigenvalue weighted by atomic mass is 9.94. The molecule has 4 nitrogen and oxygen atoms in total. The lowest BCUT2D eigenvalue weighted by Crippen LogP contribution is -2.41. The Morgan fingerprint density at radius 2 is 2.10 bits per heavy atom. The summed E-state index contributed by atoms with van der Waals surface area (Å²) in [6.07, 6.45) is 3.23. The molecule has 0 spiro atoms. The van der Waals surface area contributed by atoms with Crippen molar-refractivity contribution in [2.45, 2.75) is 25.8 Å². The Morgan fingerprint density at radius 1 is 1.29 bits per heavy atom. The third-order valence-electron chi connectivity index (χ3n) is 4.97. The van der Waals surface area contributed by atoms with Crippen molar-refractivity contribution in [2.24, 2.45) is 17.6 Å². The molecule has 0 unspecified atom stereocenters. The van der Waals surface area contributed by atoms with Crippen LogP contribution in [0.4, 0.5) is 5.69 Å². The smallest absolute Gasteiger partial charge is 0.230 e. The molecule has 3 rings (SSSR count). The number of amides is 1. The average Bonchev–Trinajstić information content (AvgIpc) is 2.90. The Bertz CT molecular complexity index is 517. The number of hydrogen-bond donors (Lipinski definition) is 1. The summed E-state index contributed by atoms with van der Waals surface area (Å²) in [4.78, 5) is 17.3. The molecule has 2 atom stereocenters. The fourth-order valence-corrected chi connectivity index (χ4v) is 3.74. The highest BCUT2D eigenvalue weighted by atomic mass is 16.2. The first kappa shape index (κ1) is 14.5. The molecule has 2 N–H and O–H groups in total. The lowest BCUT2D eigenvalue weighted by Gasteiger charge is -2.28. The van der Waals surface area contributed by atoms with Crippen molar-refractivity contribution in [1.82, 2.24) is 4.90 Å². The van der Waals surface area contributed by atoms with E-state index in [-0.39, 0.29) is 11.8 Å². The summed E-state index contributed by atoms with van der Waals surface area (Å²) < 4.78 is 0. The molecule has 4 heteroatoms. The lowest BCUT2D eigenvalue weighted by molar-refractivity contribution is -0.123. The van der Waals surface area contributed by atoms with Gasteiger partial charge in [-0.2, -0.15) is 0 Å². The number of hydrogen-bond acceptors (Lipinski definition) is 3.